The quantitative estimate of drug-likeness (QED) is 0.635. The summed E-state index contributed by atoms with van der Waals surface area (Å²) in [5, 5.41) is 9.25. The molecule has 0 aliphatic carbocycles. The third-order valence-electron chi connectivity index (χ3n) is 4.58. The van der Waals surface area contributed by atoms with Crippen LogP contribution in [0.25, 0.3) is 11.1 Å². The zero-order chi connectivity index (χ0) is 20.1. The van der Waals surface area contributed by atoms with Crippen molar-refractivity contribution < 1.29 is 18.7 Å². The molecular formula is C21H22FN3O3. The number of amides is 1. The molecule has 0 bridgehead atoms. The van der Waals surface area contributed by atoms with Crippen LogP contribution in [0.5, 0.6) is 11.5 Å². The first-order chi connectivity index (χ1) is 13.6. The lowest BCUT2D eigenvalue weighted by atomic mass is 9.95. The maximum absolute atomic E-state index is 14.7. The number of hydrogen-bond donors (Lipinski definition) is 2. The molecule has 0 radical (unpaired) electrons. The number of anilines is 1. The molecule has 3 rings (SSSR count). The summed E-state index contributed by atoms with van der Waals surface area (Å²) >= 11 is 0. The van der Waals surface area contributed by atoms with Gasteiger partial charge in [0.2, 0.25) is 5.91 Å². The van der Waals surface area contributed by atoms with Crippen LogP contribution in [0.15, 0.2) is 48.8 Å². The second-order valence-corrected chi connectivity index (χ2v) is 6.25. The van der Waals surface area contributed by atoms with Gasteiger partial charge in [-0.15, -0.1) is 0 Å². The molecule has 6 nitrogen and oxygen atoms in total. The predicted molar refractivity (Wildman–Crippen MR) is 105 cm³/mol. The van der Waals surface area contributed by atoms with Crippen LogP contribution in [0.1, 0.15) is 24.8 Å². The Balaban J connectivity index is 1.88. The molecule has 7 heteroatoms. The molecule has 3 aromatic rings. The Morgan fingerprint density at radius 2 is 2.07 bits per heavy atom. The number of benzene rings is 2. The Morgan fingerprint density at radius 3 is 2.71 bits per heavy atom. The molecule has 0 saturated heterocycles. The highest BCUT2D eigenvalue weighted by Gasteiger charge is 2.22. The van der Waals surface area contributed by atoms with Crippen LogP contribution < -0.4 is 14.8 Å². The molecular weight excluding hydrogens is 361 g/mol. The number of nitrogens with zero attached hydrogens (tertiary/aromatic N) is 1. The Labute approximate surface area is 162 Å². The largest absolute Gasteiger partial charge is 0.497 e. The zero-order valence-corrected chi connectivity index (χ0v) is 16.0. The summed E-state index contributed by atoms with van der Waals surface area (Å²) in [7, 11) is 3.07. The van der Waals surface area contributed by atoms with E-state index in [1.54, 1.807) is 19.5 Å². The molecule has 28 heavy (non-hydrogen) atoms. The molecule has 1 aromatic heterocycles. The second kappa shape index (κ2) is 8.56. The number of H-pyrrole nitrogens is 1. The SMILES string of the molecule is CCC(C(=O)Nc1cc(OC)c(-c2cn[nH]c2)cc1F)c1cccc(OC)c1. The van der Waals surface area contributed by atoms with E-state index in [0.717, 1.165) is 5.56 Å². The fraction of sp³-hybridized carbons (Fsp3) is 0.238. The lowest BCUT2D eigenvalue weighted by Crippen LogP contribution is -2.21. The van der Waals surface area contributed by atoms with Crippen molar-refractivity contribution in [3.63, 3.8) is 0 Å². The van der Waals surface area contributed by atoms with Crippen molar-refractivity contribution in [1.29, 1.82) is 0 Å². The molecule has 0 saturated carbocycles. The second-order valence-electron chi connectivity index (χ2n) is 6.25. The van der Waals surface area contributed by atoms with Crippen molar-refractivity contribution in [3.8, 4) is 22.6 Å². The summed E-state index contributed by atoms with van der Waals surface area (Å²) in [6, 6.07) is 10.1. The standard InChI is InChI=1S/C21H22FN3O3/c1-4-16(13-6-5-7-15(8-13)27-2)21(26)25-19-10-20(28-3)17(9-18(19)22)14-11-23-24-12-14/h5-12,16H,4H2,1-3H3,(H,23,24)(H,25,26). The molecule has 1 amide bonds. The molecule has 2 aromatic carbocycles. The first-order valence-electron chi connectivity index (χ1n) is 8.88. The van der Waals surface area contributed by atoms with E-state index in [1.165, 1.54) is 19.2 Å². The summed E-state index contributed by atoms with van der Waals surface area (Å²) in [5.74, 6) is -0.179. The number of carbonyl (C=O) groups is 1. The van der Waals surface area contributed by atoms with Gasteiger partial charge in [0.15, 0.2) is 0 Å². The first kappa shape index (κ1) is 19.4. The molecule has 1 atom stereocenters. The third kappa shape index (κ3) is 3.98. The van der Waals surface area contributed by atoms with Gasteiger partial charge in [-0.25, -0.2) is 4.39 Å². The first-order valence-corrected chi connectivity index (χ1v) is 8.88. The molecule has 0 aliphatic heterocycles. The monoisotopic (exact) mass is 383 g/mol. The van der Waals surface area contributed by atoms with Gasteiger partial charge in [0.05, 0.1) is 32.0 Å². The van der Waals surface area contributed by atoms with Crippen molar-refractivity contribution >= 4 is 11.6 Å². The van der Waals surface area contributed by atoms with Crippen molar-refractivity contribution in [2.45, 2.75) is 19.3 Å². The number of aromatic nitrogens is 2. The van der Waals surface area contributed by atoms with Gasteiger partial charge < -0.3 is 14.8 Å². The minimum Gasteiger partial charge on any atom is -0.497 e. The van der Waals surface area contributed by atoms with Gasteiger partial charge in [0.1, 0.15) is 17.3 Å². The molecule has 1 unspecified atom stereocenters. The van der Waals surface area contributed by atoms with Crippen LogP contribution in [-0.2, 0) is 4.79 Å². The zero-order valence-electron chi connectivity index (χ0n) is 16.0. The fourth-order valence-electron chi connectivity index (χ4n) is 3.09. The van der Waals surface area contributed by atoms with E-state index in [1.807, 2.05) is 31.2 Å². The van der Waals surface area contributed by atoms with Crippen LogP contribution in [0.2, 0.25) is 0 Å². The van der Waals surface area contributed by atoms with Gasteiger partial charge in [0, 0.05) is 23.4 Å². The molecule has 146 valence electrons. The number of aromatic amines is 1. The summed E-state index contributed by atoms with van der Waals surface area (Å²) in [6.45, 7) is 1.91. The highest BCUT2D eigenvalue weighted by atomic mass is 19.1. The van der Waals surface area contributed by atoms with Gasteiger partial charge >= 0.3 is 0 Å². The number of halogens is 1. The molecule has 2 N–H and O–H groups in total. The van der Waals surface area contributed by atoms with E-state index >= 15 is 0 Å². The highest BCUT2D eigenvalue weighted by Crippen LogP contribution is 2.34. The summed E-state index contributed by atoms with van der Waals surface area (Å²) in [5.41, 5.74) is 2.11. The fourth-order valence-corrected chi connectivity index (χ4v) is 3.09. The number of hydrogen-bond acceptors (Lipinski definition) is 4. The average Bonchev–Trinajstić information content (AvgIpc) is 3.24. The summed E-state index contributed by atoms with van der Waals surface area (Å²) < 4.78 is 25.3. The van der Waals surface area contributed by atoms with Gasteiger partial charge in [-0.2, -0.15) is 5.10 Å². The maximum Gasteiger partial charge on any atom is 0.231 e. The Bertz CT molecular complexity index is 958. The van der Waals surface area contributed by atoms with Crippen LogP contribution in [0.3, 0.4) is 0 Å². The number of methoxy groups -OCH3 is 2. The Morgan fingerprint density at radius 1 is 1.25 bits per heavy atom. The Hall–Kier alpha value is -3.35. The van der Waals surface area contributed by atoms with E-state index in [2.05, 4.69) is 15.5 Å². The third-order valence-corrected chi connectivity index (χ3v) is 4.58. The van der Waals surface area contributed by atoms with Gasteiger partial charge in [-0.3, -0.25) is 9.89 Å². The number of carbonyl (C=O) groups excluding carboxylic acids is 1. The van der Waals surface area contributed by atoms with Gasteiger partial charge in [0.25, 0.3) is 0 Å². The van der Waals surface area contributed by atoms with Crippen molar-refractivity contribution in [2.24, 2.45) is 0 Å². The Kier molecular flexibility index (Phi) is 5.93. The molecule has 1 heterocycles. The van der Waals surface area contributed by atoms with E-state index in [4.69, 9.17) is 9.47 Å². The van der Waals surface area contributed by atoms with Crippen LogP contribution >= 0.6 is 0 Å². The smallest absolute Gasteiger partial charge is 0.231 e. The normalized spacial score (nSPS) is 11.7. The van der Waals surface area contributed by atoms with Crippen molar-refractivity contribution in [3.05, 3.63) is 60.2 Å². The number of ether oxygens (including phenoxy) is 2. The molecule has 0 spiro atoms. The number of nitrogens with one attached hydrogen (secondary N) is 2. The van der Waals surface area contributed by atoms with E-state index in [-0.39, 0.29) is 11.6 Å². The van der Waals surface area contributed by atoms with Crippen LogP contribution in [-0.4, -0.2) is 30.3 Å². The topological polar surface area (TPSA) is 76.2 Å². The van der Waals surface area contributed by atoms with E-state index in [9.17, 15) is 9.18 Å². The summed E-state index contributed by atoms with van der Waals surface area (Å²) in [6.07, 6.45) is 3.78. The predicted octanol–water partition coefficient (Wildman–Crippen LogP) is 4.37. The number of rotatable bonds is 7. The lowest BCUT2D eigenvalue weighted by Gasteiger charge is -2.17. The maximum atomic E-state index is 14.7. The van der Waals surface area contributed by atoms with Gasteiger partial charge in [-0.05, 0) is 30.2 Å². The summed E-state index contributed by atoms with van der Waals surface area (Å²) in [4.78, 5) is 12.8. The highest BCUT2D eigenvalue weighted by molar-refractivity contribution is 5.96. The average molecular weight is 383 g/mol. The van der Waals surface area contributed by atoms with Crippen molar-refractivity contribution in [2.75, 3.05) is 19.5 Å². The minimum atomic E-state index is -0.550. The van der Waals surface area contributed by atoms with E-state index < -0.39 is 11.7 Å². The van der Waals surface area contributed by atoms with Gasteiger partial charge in [-0.1, -0.05) is 19.1 Å². The lowest BCUT2D eigenvalue weighted by molar-refractivity contribution is -0.117. The molecule has 0 fully saturated rings. The van der Waals surface area contributed by atoms with E-state index in [0.29, 0.717) is 29.0 Å². The molecule has 0 aliphatic rings. The van der Waals surface area contributed by atoms with Crippen LogP contribution in [0.4, 0.5) is 10.1 Å². The van der Waals surface area contributed by atoms with Crippen LogP contribution in [0, 0.1) is 5.82 Å². The van der Waals surface area contributed by atoms with Crippen molar-refractivity contribution in [1.82, 2.24) is 10.2 Å². The minimum absolute atomic E-state index is 0.0652.